The summed E-state index contributed by atoms with van der Waals surface area (Å²) in [6, 6.07) is 4.99. The number of hydrogen-bond acceptors (Lipinski definition) is 3. The summed E-state index contributed by atoms with van der Waals surface area (Å²) < 4.78 is 0. The van der Waals surface area contributed by atoms with Gasteiger partial charge in [0.1, 0.15) is 0 Å². The third kappa shape index (κ3) is 3.14. The standard InChI is InChI=1S/C15H26N2S/c1-11(2)13-6-8-17(9-7-13)15(12(3)16)14-5-4-10-18-14/h4-5,10-13,15H,6-9,16H2,1-3H3. The van der Waals surface area contributed by atoms with Crippen LogP contribution in [0.1, 0.15) is 44.5 Å². The molecule has 1 saturated heterocycles. The van der Waals surface area contributed by atoms with E-state index in [1.54, 1.807) is 0 Å². The van der Waals surface area contributed by atoms with Gasteiger partial charge in [-0.25, -0.2) is 0 Å². The Morgan fingerprint density at radius 1 is 1.28 bits per heavy atom. The first-order chi connectivity index (χ1) is 8.59. The number of nitrogens with zero attached hydrogens (tertiary/aromatic N) is 1. The molecule has 0 saturated carbocycles. The molecule has 1 aliphatic rings. The van der Waals surface area contributed by atoms with Gasteiger partial charge in [-0.3, -0.25) is 4.90 Å². The second-order valence-electron chi connectivity index (χ2n) is 5.94. The number of piperidine rings is 1. The highest BCUT2D eigenvalue weighted by molar-refractivity contribution is 7.10. The van der Waals surface area contributed by atoms with Crippen LogP contribution in [-0.2, 0) is 0 Å². The molecule has 1 aliphatic heterocycles. The summed E-state index contributed by atoms with van der Waals surface area (Å²) in [5, 5.41) is 2.16. The molecule has 2 nitrogen and oxygen atoms in total. The Morgan fingerprint density at radius 3 is 2.39 bits per heavy atom. The molecule has 18 heavy (non-hydrogen) atoms. The van der Waals surface area contributed by atoms with Gasteiger partial charge in [-0.1, -0.05) is 19.9 Å². The van der Waals surface area contributed by atoms with Gasteiger partial charge in [0.2, 0.25) is 0 Å². The van der Waals surface area contributed by atoms with Crippen molar-refractivity contribution < 1.29 is 0 Å². The maximum Gasteiger partial charge on any atom is 0.0590 e. The molecular formula is C15H26N2S. The Morgan fingerprint density at radius 2 is 1.94 bits per heavy atom. The van der Waals surface area contributed by atoms with Crippen molar-refractivity contribution in [2.24, 2.45) is 17.6 Å². The van der Waals surface area contributed by atoms with E-state index in [9.17, 15) is 0 Å². The summed E-state index contributed by atoms with van der Waals surface area (Å²) in [6.45, 7) is 9.24. The average molecular weight is 266 g/mol. The molecular weight excluding hydrogens is 240 g/mol. The third-order valence-corrected chi connectivity index (χ3v) is 5.19. The molecule has 0 aliphatic carbocycles. The van der Waals surface area contributed by atoms with Crippen LogP contribution in [-0.4, -0.2) is 24.0 Å². The summed E-state index contributed by atoms with van der Waals surface area (Å²) in [4.78, 5) is 4.02. The van der Waals surface area contributed by atoms with Crippen molar-refractivity contribution >= 4 is 11.3 Å². The maximum absolute atomic E-state index is 6.22. The van der Waals surface area contributed by atoms with Crippen molar-refractivity contribution in [3.05, 3.63) is 22.4 Å². The lowest BCUT2D eigenvalue weighted by Crippen LogP contribution is -2.44. The van der Waals surface area contributed by atoms with E-state index in [4.69, 9.17) is 5.73 Å². The fraction of sp³-hybridized carbons (Fsp3) is 0.733. The molecule has 102 valence electrons. The quantitative estimate of drug-likeness (QED) is 0.903. The van der Waals surface area contributed by atoms with Crippen LogP contribution >= 0.6 is 11.3 Å². The lowest BCUT2D eigenvalue weighted by molar-refractivity contribution is 0.105. The smallest absolute Gasteiger partial charge is 0.0590 e. The first-order valence-electron chi connectivity index (χ1n) is 7.12. The molecule has 1 aromatic rings. The average Bonchev–Trinajstić information content (AvgIpc) is 2.83. The summed E-state index contributed by atoms with van der Waals surface area (Å²) in [7, 11) is 0. The van der Waals surface area contributed by atoms with E-state index < -0.39 is 0 Å². The van der Waals surface area contributed by atoms with Gasteiger partial charge in [0.15, 0.2) is 0 Å². The number of likely N-dealkylation sites (tertiary alicyclic amines) is 1. The Bertz CT molecular complexity index is 337. The first-order valence-corrected chi connectivity index (χ1v) is 8.00. The Kier molecular flexibility index (Phi) is 4.82. The highest BCUT2D eigenvalue weighted by atomic mass is 32.1. The van der Waals surface area contributed by atoms with Gasteiger partial charge in [0.05, 0.1) is 6.04 Å². The topological polar surface area (TPSA) is 29.3 Å². The van der Waals surface area contributed by atoms with Crippen molar-refractivity contribution in [2.45, 2.75) is 45.7 Å². The van der Waals surface area contributed by atoms with E-state index in [1.165, 1.54) is 30.8 Å². The van der Waals surface area contributed by atoms with Crippen molar-refractivity contribution in [2.75, 3.05) is 13.1 Å². The van der Waals surface area contributed by atoms with Crippen LogP contribution in [0.4, 0.5) is 0 Å². The van der Waals surface area contributed by atoms with Crippen LogP contribution in [0.2, 0.25) is 0 Å². The molecule has 2 atom stereocenters. The van der Waals surface area contributed by atoms with Gasteiger partial charge in [-0.05, 0) is 56.1 Å². The number of nitrogens with two attached hydrogens (primary N) is 1. The van der Waals surface area contributed by atoms with E-state index in [0.717, 1.165) is 11.8 Å². The number of hydrogen-bond donors (Lipinski definition) is 1. The Labute approximate surface area is 115 Å². The van der Waals surface area contributed by atoms with Crippen LogP contribution in [0.5, 0.6) is 0 Å². The molecule has 0 bridgehead atoms. The fourth-order valence-electron chi connectivity index (χ4n) is 3.10. The molecule has 0 amide bonds. The van der Waals surface area contributed by atoms with Crippen molar-refractivity contribution in [1.29, 1.82) is 0 Å². The van der Waals surface area contributed by atoms with Crippen LogP contribution in [0.15, 0.2) is 17.5 Å². The molecule has 0 radical (unpaired) electrons. The molecule has 2 N–H and O–H groups in total. The minimum atomic E-state index is 0.208. The second-order valence-corrected chi connectivity index (χ2v) is 6.92. The maximum atomic E-state index is 6.22. The predicted molar refractivity (Wildman–Crippen MR) is 79.8 cm³/mol. The summed E-state index contributed by atoms with van der Waals surface area (Å²) in [6.07, 6.45) is 2.65. The number of thiophene rings is 1. The zero-order chi connectivity index (χ0) is 13.1. The highest BCUT2D eigenvalue weighted by Gasteiger charge is 2.29. The van der Waals surface area contributed by atoms with E-state index >= 15 is 0 Å². The zero-order valence-corrected chi connectivity index (χ0v) is 12.6. The van der Waals surface area contributed by atoms with Crippen LogP contribution in [0, 0.1) is 11.8 Å². The second kappa shape index (κ2) is 6.18. The molecule has 0 aromatic carbocycles. The highest BCUT2D eigenvalue weighted by Crippen LogP contribution is 2.33. The summed E-state index contributed by atoms with van der Waals surface area (Å²) in [5.41, 5.74) is 6.22. The van der Waals surface area contributed by atoms with Crippen LogP contribution in [0.25, 0.3) is 0 Å². The summed E-state index contributed by atoms with van der Waals surface area (Å²) in [5.74, 6) is 1.72. The number of rotatable bonds is 4. The van der Waals surface area contributed by atoms with Gasteiger partial charge < -0.3 is 5.73 Å². The summed E-state index contributed by atoms with van der Waals surface area (Å²) >= 11 is 1.84. The molecule has 2 unspecified atom stereocenters. The fourth-order valence-corrected chi connectivity index (χ4v) is 4.07. The van der Waals surface area contributed by atoms with E-state index in [2.05, 4.69) is 43.2 Å². The first kappa shape index (κ1) is 14.0. The predicted octanol–water partition coefficient (Wildman–Crippen LogP) is 3.50. The Balaban J connectivity index is 2.02. The van der Waals surface area contributed by atoms with Gasteiger partial charge >= 0.3 is 0 Å². The normalized spacial score (nSPS) is 22.3. The van der Waals surface area contributed by atoms with Crippen LogP contribution < -0.4 is 5.73 Å². The SMILES string of the molecule is CC(C)C1CCN(C(c2cccs2)C(C)N)CC1. The molecule has 1 fully saturated rings. The molecule has 3 heteroatoms. The molecule has 2 heterocycles. The van der Waals surface area contributed by atoms with E-state index in [1.807, 2.05) is 11.3 Å². The monoisotopic (exact) mass is 266 g/mol. The van der Waals surface area contributed by atoms with Crippen molar-refractivity contribution in [3.8, 4) is 0 Å². The molecule has 0 spiro atoms. The van der Waals surface area contributed by atoms with E-state index in [-0.39, 0.29) is 6.04 Å². The van der Waals surface area contributed by atoms with Crippen molar-refractivity contribution in [1.82, 2.24) is 4.90 Å². The van der Waals surface area contributed by atoms with Gasteiger partial charge in [0, 0.05) is 10.9 Å². The van der Waals surface area contributed by atoms with E-state index in [0.29, 0.717) is 6.04 Å². The van der Waals surface area contributed by atoms with Gasteiger partial charge in [-0.15, -0.1) is 11.3 Å². The third-order valence-electron chi connectivity index (χ3n) is 4.24. The minimum Gasteiger partial charge on any atom is -0.326 e. The lowest BCUT2D eigenvalue weighted by Gasteiger charge is -2.40. The Hall–Kier alpha value is -0.380. The largest absolute Gasteiger partial charge is 0.326 e. The zero-order valence-electron chi connectivity index (χ0n) is 11.8. The molecule has 1 aromatic heterocycles. The minimum absolute atomic E-state index is 0.208. The lowest BCUT2D eigenvalue weighted by atomic mass is 9.86. The van der Waals surface area contributed by atoms with Gasteiger partial charge in [0.25, 0.3) is 0 Å². The van der Waals surface area contributed by atoms with Crippen molar-refractivity contribution in [3.63, 3.8) is 0 Å². The van der Waals surface area contributed by atoms with Gasteiger partial charge in [-0.2, -0.15) is 0 Å². The van der Waals surface area contributed by atoms with Crippen LogP contribution in [0.3, 0.4) is 0 Å². The molecule has 2 rings (SSSR count).